The number of carbonyl (C=O) groups excluding carboxylic acids is 2. The van der Waals surface area contributed by atoms with Crippen molar-refractivity contribution in [3.63, 3.8) is 0 Å². The highest BCUT2D eigenvalue weighted by atomic mass is 35.5. The van der Waals surface area contributed by atoms with Crippen molar-refractivity contribution in [1.82, 2.24) is 10.2 Å². The standard InChI is InChI=1S/C24H24ClN3O3/c25-20-6-8-21(9-7-20)27-11-13-28(14-12-27)24(30)16-26-23(29)17-31-22-10-5-18-3-1-2-4-19(18)15-22/h1-10,15H,11-14,16-17H2,(H,26,29). The second kappa shape index (κ2) is 9.71. The smallest absolute Gasteiger partial charge is 0.258 e. The third-order valence-corrected chi connectivity index (χ3v) is 5.60. The van der Waals surface area contributed by atoms with Crippen molar-refractivity contribution in [3.8, 4) is 5.75 Å². The SMILES string of the molecule is O=C(COc1ccc2ccccc2c1)NCC(=O)N1CCN(c2ccc(Cl)cc2)CC1. The number of halogens is 1. The summed E-state index contributed by atoms with van der Waals surface area (Å²) in [5.74, 6) is 0.217. The maximum Gasteiger partial charge on any atom is 0.258 e. The second-order valence-corrected chi connectivity index (χ2v) is 7.86. The maximum absolute atomic E-state index is 12.4. The molecule has 4 rings (SSSR count). The van der Waals surface area contributed by atoms with Gasteiger partial charge in [0.15, 0.2) is 6.61 Å². The first kappa shape index (κ1) is 21.0. The number of rotatable bonds is 6. The van der Waals surface area contributed by atoms with Crippen molar-refractivity contribution < 1.29 is 14.3 Å². The van der Waals surface area contributed by atoms with Crippen molar-refractivity contribution in [2.75, 3.05) is 44.2 Å². The first-order chi connectivity index (χ1) is 15.1. The van der Waals surface area contributed by atoms with Crippen LogP contribution in [0.25, 0.3) is 10.8 Å². The maximum atomic E-state index is 12.4. The Kier molecular flexibility index (Phi) is 6.57. The van der Waals surface area contributed by atoms with Gasteiger partial charge in [-0.1, -0.05) is 41.9 Å². The molecule has 0 saturated carbocycles. The van der Waals surface area contributed by atoms with E-state index in [-0.39, 0.29) is 25.0 Å². The number of amides is 2. The molecule has 3 aromatic carbocycles. The number of fused-ring (bicyclic) bond motifs is 1. The summed E-state index contributed by atoms with van der Waals surface area (Å²) in [6.07, 6.45) is 0. The zero-order valence-corrected chi connectivity index (χ0v) is 17.8. The van der Waals surface area contributed by atoms with E-state index in [9.17, 15) is 9.59 Å². The zero-order chi connectivity index (χ0) is 21.6. The Morgan fingerprint density at radius 1 is 0.903 bits per heavy atom. The molecule has 31 heavy (non-hydrogen) atoms. The highest BCUT2D eigenvalue weighted by Gasteiger charge is 2.21. The lowest BCUT2D eigenvalue weighted by atomic mass is 10.1. The number of hydrogen-bond acceptors (Lipinski definition) is 4. The van der Waals surface area contributed by atoms with Gasteiger partial charge in [0.1, 0.15) is 5.75 Å². The number of hydrogen-bond donors (Lipinski definition) is 1. The predicted octanol–water partition coefficient (Wildman–Crippen LogP) is 3.34. The van der Waals surface area contributed by atoms with Gasteiger partial charge >= 0.3 is 0 Å². The van der Waals surface area contributed by atoms with E-state index in [2.05, 4.69) is 10.2 Å². The molecule has 0 unspecified atom stereocenters. The molecule has 7 heteroatoms. The first-order valence-corrected chi connectivity index (χ1v) is 10.6. The van der Waals surface area contributed by atoms with E-state index in [0.717, 1.165) is 29.5 Å². The molecule has 1 aliphatic heterocycles. The first-order valence-electron chi connectivity index (χ1n) is 10.2. The fourth-order valence-corrected chi connectivity index (χ4v) is 3.74. The molecule has 2 amide bonds. The molecule has 160 valence electrons. The minimum atomic E-state index is -0.318. The molecule has 0 aromatic heterocycles. The van der Waals surface area contributed by atoms with Crippen molar-refractivity contribution >= 4 is 39.9 Å². The molecule has 3 aromatic rings. The van der Waals surface area contributed by atoms with Gasteiger partial charge in [0.2, 0.25) is 5.91 Å². The Morgan fingerprint density at radius 2 is 1.61 bits per heavy atom. The number of nitrogens with one attached hydrogen (secondary N) is 1. The van der Waals surface area contributed by atoms with Gasteiger partial charge in [-0.05, 0) is 47.2 Å². The molecule has 0 atom stereocenters. The quantitative estimate of drug-likeness (QED) is 0.642. The van der Waals surface area contributed by atoms with Gasteiger partial charge in [-0.25, -0.2) is 0 Å². The molecule has 0 bridgehead atoms. The summed E-state index contributed by atoms with van der Waals surface area (Å²) in [5.41, 5.74) is 1.09. The van der Waals surface area contributed by atoms with E-state index in [1.165, 1.54) is 0 Å². The third-order valence-electron chi connectivity index (χ3n) is 5.35. The average molecular weight is 438 g/mol. The van der Waals surface area contributed by atoms with Gasteiger partial charge in [-0.3, -0.25) is 9.59 Å². The van der Waals surface area contributed by atoms with Crippen molar-refractivity contribution in [1.29, 1.82) is 0 Å². The number of carbonyl (C=O) groups is 2. The van der Waals surface area contributed by atoms with Crippen molar-refractivity contribution in [2.24, 2.45) is 0 Å². The molecule has 1 fully saturated rings. The predicted molar refractivity (Wildman–Crippen MR) is 123 cm³/mol. The molecule has 0 radical (unpaired) electrons. The lowest BCUT2D eigenvalue weighted by molar-refractivity contribution is -0.133. The molecule has 1 N–H and O–H groups in total. The Balaban J connectivity index is 1.19. The Labute approximate surface area is 186 Å². The van der Waals surface area contributed by atoms with Gasteiger partial charge < -0.3 is 19.9 Å². The summed E-state index contributed by atoms with van der Waals surface area (Å²) in [4.78, 5) is 28.5. The molecule has 0 aliphatic carbocycles. The molecule has 1 saturated heterocycles. The van der Waals surface area contributed by atoms with Crippen LogP contribution in [0, 0.1) is 0 Å². The number of benzene rings is 3. The topological polar surface area (TPSA) is 61.9 Å². The Hall–Kier alpha value is -3.25. The summed E-state index contributed by atoms with van der Waals surface area (Å²) in [6.45, 7) is 2.56. The highest BCUT2D eigenvalue weighted by Crippen LogP contribution is 2.21. The summed E-state index contributed by atoms with van der Waals surface area (Å²) >= 11 is 5.94. The van der Waals surface area contributed by atoms with E-state index in [1.807, 2.05) is 66.7 Å². The fourth-order valence-electron chi connectivity index (χ4n) is 3.61. The normalized spacial score (nSPS) is 13.8. The lowest BCUT2D eigenvalue weighted by Crippen LogP contribution is -2.51. The largest absolute Gasteiger partial charge is 0.484 e. The summed E-state index contributed by atoms with van der Waals surface area (Å²) in [7, 11) is 0. The van der Waals surface area contributed by atoms with Crippen LogP contribution in [0.5, 0.6) is 5.75 Å². The van der Waals surface area contributed by atoms with Gasteiger partial charge in [0.25, 0.3) is 5.91 Å². The van der Waals surface area contributed by atoms with Gasteiger partial charge in [0.05, 0.1) is 6.54 Å². The van der Waals surface area contributed by atoms with E-state index in [0.29, 0.717) is 23.9 Å². The highest BCUT2D eigenvalue weighted by molar-refractivity contribution is 6.30. The van der Waals surface area contributed by atoms with Crippen LogP contribution in [-0.2, 0) is 9.59 Å². The molecule has 0 spiro atoms. The Bertz CT molecular complexity index is 1060. The average Bonchev–Trinajstić information content (AvgIpc) is 2.81. The van der Waals surface area contributed by atoms with E-state index in [4.69, 9.17) is 16.3 Å². The number of piperazine rings is 1. The van der Waals surface area contributed by atoms with Crippen LogP contribution in [0.2, 0.25) is 5.02 Å². The van der Waals surface area contributed by atoms with Crippen molar-refractivity contribution in [3.05, 3.63) is 71.8 Å². The van der Waals surface area contributed by atoms with Crippen molar-refractivity contribution in [2.45, 2.75) is 0 Å². The fraction of sp³-hybridized carbons (Fsp3) is 0.250. The third kappa shape index (κ3) is 5.47. The van der Waals surface area contributed by atoms with Crippen LogP contribution >= 0.6 is 11.6 Å². The van der Waals surface area contributed by atoms with Crippen LogP contribution in [0.3, 0.4) is 0 Å². The summed E-state index contributed by atoms with van der Waals surface area (Å²) < 4.78 is 5.57. The molecule has 6 nitrogen and oxygen atoms in total. The van der Waals surface area contributed by atoms with E-state index < -0.39 is 0 Å². The van der Waals surface area contributed by atoms with Crippen LogP contribution in [0.4, 0.5) is 5.69 Å². The number of anilines is 1. The second-order valence-electron chi connectivity index (χ2n) is 7.42. The molecular weight excluding hydrogens is 414 g/mol. The van der Waals surface area contributed by atoms with E-state index >= 15 is 0 Å². The lowest BCUT2D eigenvalue weighted by Gasteiger charge is -2.36. The van der Waals surface area contributed by atoms with Gasteiger partial charge in [-0.2, -0.15) is 0 Å². The van der Waals surface area contributed by atoms with E-state index in [1.54, 1.807) is 4.90 Å². The van der Waals surface area contributed by atoms with Crippen LogP contribution in [0.15, 0.2) is 66.7 Å². The summed E-state index contributed by atoms with van der Waals surface area (Å²) in [6, 6.07) is 21.3. The zero-order valence-electron chi connectivity index (χ0n) is 17.1. The number of nitrogens with zero attached hydrogens (tertiary/aromatic N) is 2. The number of ether oxygens (including phenoxy) is 1. The molecule has 1 heterocycles. The van der Waals surface area contributed by atoms with Gasteiger partial charge in [0, 0.05) is 36.9 Å². The van der Waals surface area contributed by atoms with Crippen LogP contribution in [0.1, 0.15) is 0 Å². The van der Waals surface area contributed by atoms with Gasteiger partial charge in [-0.15, -0.1) is 0 Å². The van der Waals surface area contributed by atoms with Crippen LogP contribution < -0.4 is 15.0 Å². The minimum absolute atomic E-state index is 0.0269. The monoisotopic (exact) mass is 437 g/mol. The minimum Gasteiger partial charge on any atom is -0.484 e. The molecule has 1 aliphatic rings. The Morgan fingerprint density at radius 3 is 2.35 bits per heavy atom. The van der Waals surface area contributed by atoms with Crippen LogP contribution in [-0.4, -0.2) is 56.0 Å². The molecular formula is C24H24ClN3O3. The summed E-state index contributed by atoms with van der Waals surface area (Å²) in [5, 5.41) is 5.52.